The van der Waals surface area contributed by atoms with Gasteiger partial charge in [-0.05, 0) is 37.0 Å². The fourth-order valence-corrected chi connectivity index (χ4v) is 2.99. The van der Waals surface area contributed by atoms with Crippen molar-refractivity contribution in [1.29, 1.82) is 0 Å². The third kappa shape index (κ3) is 10.3. The highest BCUT2D eigenvalue weighted by atomic mass is 16.2. The summed E-state index contributed by atoms with van der Waals surface area (Å²) < 4.78 is 0. The van der Waals surface area contributed by atoms with Crippen LogP contribution in [0.15, 0.2) is 24.3 Å². The van der Waals surface area contributed by atoms with Crippen LogP contribution in [0.3, 0.4) is 0 Å². The minimum absolute atomic E-state index is 0.107. The number of unbranched alkanes of at least 4 members (excludes halogenated alkanes) is 9. The molecule has 1 atom stereocenters. The lowest BCUT2D eigenvalue weighted by Gasteiger charge is -2.10. The van der Waals surface area contributed by atoms with Gasteiger partial charge in [-0.25, -0.2) is 0 Å². The van der Waals surface area contributed by atoms with E-state index < -0.39 is 6.04 Å². The zero-order valence-electron chi connectivity index (χ0n) is 16.4. The largest absolute Gasteiger partial charge is 0.325 e. The first-order valence-electron chi connectivity index (χ1n) is 10.3. The molecule has 0 radical (unpaired) electrons. The quantitative estimate of drug-likeness (QED) is 0.417. The van der Waals surface area contributed by atoms with E-state index in [0.29, 0.717) is 6.42 Å². The molecule has 3 N–H and O–H groups in total. The molecular formula is C22H38N2O. The standard InChI is InChI=1S/C22H38N2O/c1-3-5-6-7-8-9-10-11-12-13-14-19-15-17-20(18-16-19)24-22(25)21(23)4-2/h15-18,21H,3-14,23H2,1-2H3,(H,24,25)/t21-/m0/s1. The molecule has 1 rings (SSSR count). The van der Waals surface area contributed by atoms with E-state index in [-0.39, 0.29) is 5.91 Å². The number of carbonyl (C=O) groups is 1. The average molecular weight is 347 g/mol. The zero-order chi connectivity index (χ0) is 18.3. The molecule has 0 aromatic heterocycles. The van der Waals surface area contributed by atoms with Gasteiger partial charge in [0.05, 0.1) is 6.04 Å². The van der Waals surface area contributed by atoms with Gasteiger partial charge in [0, 0.05) is 5.69 Å². The second-order valence-electron chi connectivity index (χ2n) is 7.13. The SMILES string of the molecule is CCCCCCCCCCCCc1ccc(NC(=O)[C@@H](N)CC)cc1. The van der Waals surface area contributed by atoms with Crippen molar-refractivity contribution < 1.29 is 4.79 Å². The smallest absolute Gasteiger partial charge is 0.241 e. The second kappa shape index (κ2) is 13.9. The number of aryl methyl sites for hydroxylation is 1. The van der Waals surface area contributed by atoms with E-state index in [2.05, 4.69) is 24.4 Å². The third-order valence-corrected chi connectivity index (χ3v) is 4.82. The number of amides is 1. The van der Waals surface area contributed by atoms with Crippen molar-refractivity contribution in [2.45, 2.75) is 96.9 Å². The Labute approximate surface area is 154 Å². The van der Waals surface area contributed by atoms with Crippen LogP contribution in [-0.4, -0.2) is 11.9 Å². The molecule has 3 heteroatoms. The lowest BCUT2D eigenvalue weighted by molar-refractivity contribution is -0.117. The summed E-state index contributed by atoms with van der Waals surface area (Å²) in [5.41, 5.74) is 7.91. The molecule has 0 fully saturated rings. The number of anilines is 1. The molecule has 0 aliphatic carbocycles. The summed E-state index contributed by atoms with van der Waals surface area (Å²) in [6, 6.07) is 7.76. The number of benzene rings is 1. The fraction of sp³-hybridized carbons (Fsp3) is 0.682. The van der Waals surface area contributed by atoms with Crippen molar-refractivity contribution in [3.05, 3.63) is 29.8 Å². The maximum atomic E-state index is 11.8. The van der Waals surface area contributed by atoms with Crippen molar-refractivity contribution in [3.8, 4) is 0 Å². The Hall–Kier alpha value is -1.35. The van der Waals surface area contributed by atoms with Gasteiger partial charge in [0.2, 0.25) is 5.91 Å². The maximum Gasteiger partial charge on any atom is 0.241 e. The van der Waals surface area contributed by atoms with E-state index in [1.807, 2.05) is 19.1 Å². The van der Waals surface area contributed by atoms with Crippen molar-refractivity contribution in [3.63, 3.8) is 0 Å². The molecule has 1 aromatic rings. The predicted molar refractivity (Wildman–Crippen MR) is 109 cm³/mol. The Bertz CT molecular complexity index is 456. The third-order valence-electron chi connectivity index (χ3n) is 4.82. The van der Waals surface area contributed by atoms with Gasteiger partial charge < -0.3 is 11.1 Å². The molecule has 3 nitrogen and oxygen atoms in total. The number of nitrogens with two attached hydrogens (primary N) is 1. The van der Waals surface area contributed by atoms with Crippen LogP contribution in [0.25, 0.3) is 0 Å². The summed E-state index contributed by atoms with van der Waals surface area (Å²) in [7, 11) is 0. The normalized spacial score (nSPS) is 12.1. The summed E-state index contributed by atoms with van der Waals surface area (Å²) in [4.78, 5) is 11.8. The molecule has 0 unspecified atom stereocenters. The van der Waals surface area contributed by atoms with E-state index >= 15 is 0 Å². The fourth-order valence-electron chi connectivity index (χ4n) is 2.99. The molecule has 0 bridgehead atoms. The van der Waals surface area contributed by atoms with Crippen LogP contribution in [-0.2, 0) is 11.2 Å². The molecule has 0 saturated carbocycles. The first-order chi connectivity index (χ1) is 12.2. The van der Waals surface area contributed by atoms with Crippen LogP contribution in [0.1, 0.15) is 90.0 Å². The Morgan fingerprint density at radius 3 is 1.92 bits per heavy atom. The first-order valence-corrected chi connectivity index (χ1v) is 10.3. The van der Waals surface area contributed by atoms with E-state index in [0.717, 1.165) is 12.1 Å². The molecule has 25 heavy (non-hydrogen) atoms. The van der Waals surface area contributed by atoms with Crippen LogP contribution >= 0.6 is 0 Å². The van der Waals surface area contributed by atoms with Crippen LogP contribution in [0.5, 0.6) is 0 Å². The van der Waals surface area contributed by atoms with E-state index in [4.69, 9.17) is 5.73 Å². The maximum absolute atomic E-state index is 11.8. The minimum atomic E-state index is -0.425. The van der Waals surface area contributed by atoms with E-state index in [1.54, 1.807) is 0 Å². The van der Waals surface area contributed by atoms with Gasteiger partial charge in [0.25, 0.3) is 0 Å². The highest BCUT2D eigenvalue weighted by molar-refractivity contribution is 5.94. The minimum Gasteiger partial charge on any atom is -0.325 e. The van der Waals surface area contributed by atoms with Gasteiger partial charge in [0.15, 0.2) is 0 Å². The van der Waals surface area contributed by atoms with Crippen molar-refractivity contribution in [2.75, 3.05) is 5.32 Å². The number of nitrogens with one attached hydrogen (secondary N) is 1. The van der Waals surface area contributed by atoms with E-state index in [1.165, 1.54) is 69.8 Å². The summed E-state index contributed by atoms with van der Waals surface area (Å²) in [6.45, 7) is 4.19. The Balaban J connectivity index is 2.09. The highest BCUT2D eigenvalue weighted by Gasteiger charge is 2.10. The van der Waals surface area contributed by atoms with Crippen LogP contribution in [0, 0.1) is 0 Å². The topological polar surface area (TPSA) is 55.1 Å². The second-order valence-corrected chi connectivity index (χ2v) is 7.13. The lowest BCUT2D eigenvalue weighted by atomic mass is 10.0. The summed E-state index contributed by atoms with van der Waals surface area (Å²) >= 11 is 0. The molecule has 0 saturated heterocycles. The average Bonchev–Trinajstić information content (AvgIpc) is 2.63. The molecule has 0 aliphatic heterocycles. The number of carbonyl (C=O) groups excluding carboxylic acids is 1. The number of hydrogen-bond acceptors (Lipinski definition) is 2. The Morgan fingerprint density at radius 2 is 1.40 bits per heavy atom. The lowest BCUT2D eigenvalue weighted by Crippen LogP contribution is -2.34. The van der Waals surface area contributed by atoms with Crippen molar-refractivity contribution in [1.82, 2.24) is 0 Å². The molecule has 1 aromatic carbocycles. The van der Waals surface area contributed by atoms with Crippen LogP contribution < -0.4 is 11.1 Å². The van der Waals surface area contributed by atoms with Gasteiger partial charge in [-0.1, -0.05) is 83.8 Å². The molecule has 1 amide bonds. The molecule has 142 valence electrons. The van der Waals surface area contributed by atoms with Gasteiger partial charge in [-0.2, -0.15) is 0 Å². The Morgan fingerprint density at radius 1 is 0.880 bits per heavy atom. The van der Waals surface area contributed by atoms with Gasteiger partial charge in [-0.3, -0.25) is 4.79 Å². The van der Waals surface area contributed by atoms with Crippen molar-refractivity contribution >= 4 is 11.6 Å². The van der Waals surface area contributed by atoms with Gasteiger partial charge in [-0.15, -0.1) is 0 Å². The summed E-state index contributed by atoms with van der Waals surface area (Å²) in [5, 5.41) is 2.86. The summed E-state index contributed by atoms with van der Waals surface area (Å²) in [5.74, 6) is -0.107. The predicted octanol–water partition coefficient (Wildman–Crippen LogP) is 5.83. The molecule has 0 heterocycles. The van der Waals surface area contributed by atoms with Crippen LogP contribution in [0.2, 0.25) is 0 Å². The van der Waals surface area contributed by atoms with Gasteiger partial charge >= 0.3 is 0 Å². The molecular weight excluding hydrogens is 308 g/mol. The molecule has 0 aliphatic rings. The van der Waals surface area contributed by atoms with E-state index in [9.17, 15) is 4.79 Å². The number of hydrogen-bond donors (Lipinski definition) is 2. The van der Waals surface area contributed by atoms with Gasteiger partial charge in [0.1, 0.15) is 0 Å². The Kier molecular flexibility index (Phi) is 12.0. The zero-order valence-corrected chi connectivity index (χ0v) is 16.4. The monoisotopic (exact) mass is 346 g/mol. The van der Waals surface area contributed by atoms with Crippen LogP contribution in [0.4, 0.5) is 5.69 Å². The number of rotatable bonds is 14. The molecule has 0 spiro atoms. The van der Waals surface area contributed by atoms with Crippen molar-refractivity contribution in [2.24, 2.45) is 5.73 Å². The summed E-state index contributed by atoms with van der Waals surface area (Å²) in [6.07, 6.45) is 15.5. The first kappa shape index (κ1) is 21.7. The highest BCUT2D eigenvalue weighted by Crippen LogP contribution is 2.14.